The van der Waals surface area contributed by atoms with Gasteiger partial charge in [-0.1, -0.05) is 6.07 Å². The molecule has 0 saturated heterocycles. The molecule has 28 heavy (non-hydrogen) atoms. The number of pyridine rings is 1. The Morgan fingerprint density at radius 2 is 2.18 bits per heavy atom. The summed E-state index contributed by atoms with van der Waals surface area (Å²) < 4.78 is 7.15. The van der Waals surface area contributed by atoms with Gasteiger partial charge in [0.2, 0.25) is 0 Å². The maximum atomic E-state index is 12.5. The van der Waals surface area contributed by atoms with Crippen molar-refractivity contribution in [3.63, 3.8) is 0 Å². The zero-order valence-electron chi connectivity index (χ0n) is 16.2. The second-order valence-electron chi connectivity index (χ2n) is 6.95. The van der Waals surface area contributed by atoms with Crippen LogP contribution in [0.2, 0.25) is 0 Å². The molecule has 0 saturated carbocycles. The van der Waals surface area contributed by atoms with Crippen LogP contribution in [-0.2, 0) is 30.8 Å². The van der Waals surface area contributed by atoms with E-state index in [9.17, 15) is 4.79 Å². The topological polar surface area (TPSA) is 88.9 Å². The molecule has 1 aliphatic heterocycles. The molecule has 8 nitrogen and oxygen atoms in total. The van der Waals surface area contributed by atoms with Gasteiger partial charge in [0.1, 0.15) is 5.82 Å². The highest BCUT2D eigenvalue weighted by molar-refractivity contribution is 5.89. The molecule has 4 rings (SSSR count). The smallest absolute Gasteiger partial charge is 0.359 e. The summed E-state index contributed by atoms with van der Waals surface area (Å²) in [5, 5.41) is 4.60. The highest BCUT2D eigenvalue weighted by Gasteiger charge is 2.29. The van der Waals surface area contributed by atoms with Gasteiger partial charge in [-0.15, -0.1) is 0 Å². The third kappa shape index (κ3) is 3.82. The summed E-state index contributed by atoms with van der Waals surface area (Å²) in [5.74, 6) is 0.564. The molecule has 0 bridgehead atoms. The van der Waals surface area contributed by atoms with E-state index < -0.39 is 0 Å². The van der Waals surface area contributed by atoms with Crippen LogP contribution < -0.4 is 0 Å². The predicted octanol–water partition coefficient (Wildman–Crippen LogP) is 2.09. The Hall–Kier alpha value is -3.00. The number of H-pyrrole nitrogens is 1. The van der Waals surface area contributed by atoms with Crippen LogP contribution in [0.3, 0.4) is 0 Å². The number of nitrogens with zero attached hydrogens (tertiary/aromatic N) is 5. The van der Waals surface area contributed by atoms with Crippen molar-refractivity contribution in [2.75, 3.05) is 13.2 Å². The van der Waals surface area contributed by atoms with E-state index in [-0.39, 0.29) is 5.97 Å². The van der Waals surface area contributed by atoms with Gasteiger partial charge in [-0.2, -0.15) is 5.10 Å². The molecule has 1 N–H and O–H groups in total. The Morgan fingerprint density at radius 3 is 2.89 bits per heavy atom. The van der Waals surface area contributed by atoms with Crippen LogP contribution in [0.15, 0.2) is 30.6 Å². The highest BCUT2D eigenvalue weighted by atomic mass is 16.5. The van der Waals surface area contributed by atoms with Crippen molar-refractivity contribution >= 4 is 5.97 Å². The highest BCUT2D eigenvalue weighted by Crippen LogP contribution is 2.25. The first-order valence-corrected chi connectivity index (χ1v) is 9.52. The van der Waals surface area contributed by atoms with Gasteiger partial charge < -0.3 is 9.72 Å². The summed E-state index contributed by atoms with van der Waals surface area (Å²) in [6.45, 7) is 6.90. The van der Waals surface area contributed by atoms with E-state index in [0.29, 0.717) is 31.9 Å². The second-order valence-corrected chi connectivity index (χ2v) is 6.95. The van der Waals surface area contributed by atoms with Crippen LogP contribution in [0, 0.1) is 6.92 Å². The van der Waals surface area contributed by atoms with Crippen molar-refractivity contribution < 1.29 is 9.53 Å². The summed E-state index contributed by atoms with van der Waals surface area (Å²) in [6.07, 6.45) is 4.42. The summed E-state index contributed by atoms with van der Waals surface area (Å²) in [6, 6.07) is 5.81. The molecule has 0 amide bonds. The van der Waals surface area contributed by atoms with E-state index in [2.05, 4.69) is 25.0 Å². The lowest BCUT2D eigenvalue weighted by Gasteiger charge is -2.26. The fraction of sp³-hybridized carbons (Fsp3) is 0.400. The van der Waals surface area contributed by atoms with Crippen LogP contribution >= 0.6 is 0 Å². The average molecular weight is 380 g/mol. The molecule has 8 heteroatoms. The Kier molecular flexibility index (Phi) is 5.21. The Labute approximate surface area is 163 Å². The lowest BCUT2D eigenvalue weighted by Crippen LogP contribution is -2.31. The molecule has 3 aromatic rings. The minimum Gasteiger partial charge on any atom is -0.461 e. The van der Waals surface area contributed by atoms with Gasteiger partial charge in [-0.05, 0) is 26.0 Å². The quantitative estimate of drug-likeness (QED) is 0.659. The zero-order valence-corrected chi connectivity index (χ0v) is 16.2. The first kappa shape index (κ1) is 18.4. The summed E-state index contributed by atoms with van der Waals surface area (Å²) in [4.78, 5) is 26.8. The van der Waals surface area contributed by atoms with Gasteiger partial charge in [-0.25, -0.2) is 9.78 Å². The molecule has 0 spiro atoms. The fourth-order valence-corrected chi connectivity index (χ4v) is 3.58. The monoisotopic (exact) mass is 380 g/mol. The van der Waals surface area contributed by atoms with Crippen molar-refractivity contribution in [1.29, 1.82) is 0 Å². The fourth-order valence-electron chi connectivity index (χ4n) is 3.58. The zero-order chi connectivity index (χ0) is 19.5. The molecular weight excluding hydrogens is 356 g/mol. The Balaban J connectivity index is 1.61. The normalized spacial score (nSPS) is 14.1. The molecule has 146 valence electrons. The molecule has 3 aromatic heterocycles. The Bertz CT molecular complexity index is 962. The van der Waals surface area contributed by atoms with E-state index in [1.165, 1.54) is 0 Å². The summed E-state index contributed by atoms with van der Waals surface area (Å²) in [7, 11) is 0. The molecule has 4 heterocycles. The first-order valence-electron chi connectivity index (χ1n) is 9.52. The van der Waals surface area contributed by atoms with Gasteiger partial charge in [0.25, 0.3) is 0 Å². The van der Waals surface area contributed by atoms with Gasteiger partial charge >= 0.3 is 5.97 Å². The van der Waals surface area contributed by atoms with Crippen molar-refractivity contribution in [1.82, 2.24) is 29.6 Å². The molecule has 0 radical (unpaired) electrons. The predicted molar refractivity (Wildman–Crippen MR) is 103 cm³/mol. The van der Waals surface area contributed by atoms with E-state index in [1.807, 2.05) is 36.0 Å². The Morgan fingerprint density at radius 1 is 1.29 bits per heavy atom. The van der Waals surface area contributed by atoms with Gasteiger partial charge in [0.15, 0.2) is 5.69 Å². The lowest BCUT2D eigenvalue weighted by molar-refractivity contribution is 0.0515. The maximum Gasteiger partial charge on any atom is 0.359 e. The number of fused-ring (bicyclic) bond motifs is 1. The number of imidazole rings is 1. The van der Waals surface area contributed by atoms with Crippen LogP contribution in [0.4, 0.5) is 0 Å². The number of aromatic nitrogens is 5. The lowest BCUT2D eigenvalue weighted by atomic mass is 10.0. The number of carbonyl (C=O) groups is 1. The number of hydrogen-bond donors (Lipinski definition) is 1. The number of hydrogen-bond acceptors (Lipinski definition) is 6. The van der Waals surface area contributed by atoms with Gasteiger partial charge in [0, 0.05) is 48.9 Å². The molecule has 0 aliphatic carbocycles. The van der Waals surface area contributed by atoms with Crippen molar-refractivity contribution in [3.05, 3.63) is 64.8 Å². The van der Waals surface area contributed by atoms with Gasteiger partial charge in [0.05, 0.1) is 25.4 Å². The molecule has 1 aliphatic rings. The number of rotatable bonds is 6. The number of esters is 1. The van der Waals surface area contributed by atoms with E-state index in [0.717, 1.165) is 41.4 Å². The van der Waals surface area contributed by atoms with Crippen LogP contribution in [0.5, 0.6) is 0 Å². The van der Waals surface area contributed by atoms with Crippen LogP contribution in [0.25, 0.3) is 0 Å². The third-order valence-corrected chi connectivity index (χ3v) is 4.85. The SMILES string of the molecule is CCOC(=O)c1nn(Cc2ccccn2)c2c1CN(Cc1ncc(C)[nH]1)CC2. The van der Waals surface area contributed by atoms with Crippen LogP contribution in [-0.4, -0.2) is 48.8 Å². The minimum atomic E-state index is -0.366. The number of aromatic amines is 1. The van der Waals surface area contributed by atoms with Gasteiger partial charge in [-0.3, -0.25) is 14.6 Å². The van der Waals surface area contributed by atoms with Crippen molar-refractivity contribution in [2.45, 2.75) is 39.9 Å². The van der Waals surface area contributed by atoms with Crippen molar-refractivity contribution in [3.8, 4) is 0 Å². The number of nitrogens with one attached hydrogen (secondary N) is 1. The van der Waals surface area contributed by atoms with E-state index >= 15 is 0 Å². The number of ether oxygens (including phenoxy) is 1. The number of aryl methyl sites for hydroxylation is 1. The van der Waals surface area contributed by atoms with E-state index in [1.54, 1.807) is 13.1 Å². The maximum absolute atomic E-state index is 12.5. The molecule has 0 unspecified atom stereocenters. The molecule has 0 fully saturated rings. The summed E-state index contributed by atoms with van der Waals surface area (Å²) >= 11 is 0. The molecule has 0 aromatic carbocycles. The van der Waals surface area contributed by atoms with E-state index in [4.69, 9.17) is 4.74 Å². The van der Waals surface area contributed by atoms with Crippen LogP contribution in [0.1, 0.15) is 45.9 Å². The number of carbonyl (C=O) groups excluding carboxylic acids is 1. The third-order valence-electron chi connectivity index (χ3n) is 4.85. The molecular formula is C20H24N6O2. The standard InChI is InChI=1S/C20H24N6O2/c1-3-28-20(27)19-16-12-25(13-18-22-10-14(2)23-18)9-7-17(16)26(24-19)11-15-6-4-5-8-21-15/h4-6,8,10H,3,7,9,11-13H2,1-2H3,(H,22,23). The summed E-state index contributed by atoms with van der Waals surface area (Å²) in [5.41, 5.74) is 4.40. The van der Waals surface area contributed by atoms with Crippen molar-refractivity contribution in [2.24, 2.45) is 0 Å². The first-order chi connectivity index (χ1) is 13.6. The average Bonchev–Trinajstić information content (AvgIpc) is 3.26. The second kappa shape index (κ2) is 7.93. The molecule has 0 atom stereocenters. The largest absolute Gasteiger partial charge is 0.461 e. The minimum absolute atomic E-state index is 0.329.